The van der Waals surface area contributed by atoms with Crippen molar-refractivity contribution in [2.45, 2.75) is 31.5 Å². The topological polar surface area (TPSA) is 76.0 Å². The van der Waals surface area contributed by atoms with Crippen LogP contribution in [0.1, 0.15) is 35.2 Å². The maximum Gasteiger partial charge on any atom is 0.341 e. The van der Waals surface area contributed by atoms with Crippen molar-refractivity contribution < 1.29 is 24.5 Å². The third-order valence-electron chi connectivity index (χ3n) is 4.73. The summed E-state index contributed by atoms with van der Waals surface area (Å²) in [4.78, 5) is 11.9. The first-order valence-electron chi connectivity index (χ1n) is 6.79. The zero-order valence-electron chi connectivity index (χ0n) is 11.8. The molecule has 0 saturated heterocycles. The first-order chi connectivity index (χ1) is 9.92. The smallest absolute Gasteiger partial charge is 0.341 e. The van der Waals surface area contributed by atoms with E-state index in [2.05, 4.69) is 15.9 Å². The highest BCUT2D eigenvalue weighted by Gasteiger charge is 2.57. The number of carbonyl (C=O) groups excluding carboxylic acids is 1. The molecule has 1 fully saturated rings. The normalized spacial score (nSPS) is 33.3. The number of aliphatic hydroxyl groups excluding tert-OH is 2. The second-order valence-electron chi connectivity index (χ2n) is 5.91. The molecule has 1 aromatic carbocycles. The van der Waals surface area contributed by atoms with Crippen molar-refractivity contribution in [2.75, 3.05) is 13.7 Å². The maximum atomic E-state index is 11.9. The van der Waals surface area contributed by atoms with E-state index in [1.165, 1.54) is 7.11 Å². The first kappa shape index (κ1) is 14.8. The third-order valence-corrected chi connectivity index (χ3v) is 5.19. The number of benzene rings is 1. The van der Waals surface area contributed by atoms with Gasteiger partial charge in [0.05, 0.1) is 19.8 Å². The highest BCUT2D eigenvalue weighted by atomic mass is 79.9. The summed E-state index contributed by atoms with van der Waals surface area (Å²) in [5.41, 5.74) is 0.526. The molecule has 3 rings (SSSR count). The van der Waals surface area contributed by atoms with Gasteiger partial charge >= 0.3 is 5.97 Å². The Morgan fingerprint density at radius 1 is 1.57 bits per heavy atom. The Balaban J connectivity index is 2.15. The summed E-state index contributed by atoms with van der Waals surface area (Å²) in [6, 6.07) is 3.55. The van der Waals surface area contributed by atoms with Crippen LogP contribution in [0.5, 0.6) is 5.75 Å². The van der Waals surface area contributed by atoms with Gasteiger partial charge in [-0.15, -0.1) is 0 Å². The minimum Gasteiger partial charge on any atom is -0.488 e. The molecule has 6 heteroatoms. The van der Waals surface area contributed by atoms with Crippen LogP contribution in [-0.2, 0) is 4.74 Å². The lowest BCUT2D eigenvalue weighted by Gasteiger charge is -2.31. The number of esters is 1. The number of hydrogen-bond donors (Lipinski definition) is 2. The molecule has 5 nitrogen and oxygen atoms in total. The van der Waals surface area contributed by atoms with E-state index in [-0.39, 0.29) is 18.6 Å². The number of carbonyl (C=O) groups is 1. The van der Waals surface area contributed by atoms with Gasteiger partial charge in [-0.05, 0) is 12.1 Å². The zero-order chi connectivity index (χ0) is 15.4. The Morgan fingerprint density at radius 2 is 2.29 bits per heavy atom. The van der Waals surface area contributed by atoms with E-state index in [9.17, 15) is 15.0 Å². The van der Waals surface area contributed by atoms with Gasteiger partial charge < -0.3 is 19.7 Å². The minimum atomic E-state index is -0.676. The molecule has 1 saturated carbocycles. The summed E-state index contributed by atoms with van der Waals surface area (Å²) in [6.07, 6.45) is -0.426. The zero-order valence-corrected chi connectivity index (χ0v) is 13.4. The lowest BCUT2D eigenvalue weighted by atomic mass is 9.75. The summed E-state index contributed by atoms with van der Waals surface area (Å²) in [5, 5.41) is 20.0. The molecule has 0 aromatic heterocycles. The Morgan fingerprint density at radius 3 is 2.90 bits per heavy atom. The van der Waals surface area contributed by atoms with Gasteiger partial charge in [0.15, 0.2) is 0 Å². The van der Waals surface area contributed by atoms with Crippen molar-refractivity contribution in [2.24, 2.45) is 5.41 Å². The molecule has 114 valence electrons. The van der Waals surface area contributed by atoms with Crippen LogP contribution >= 0.6 is 15.9 Å². The van der Waals surface area contributed by atoms with Crippen molar-refractivity contribution in [3.05, 3.63) is 27.7 Å². The molecule has 2 aliphatic rings. The highest BCUT2D eigenvalue weighted by Crippen LogP contribution is 2.57. The number of fused-ring (bicyclic) bond motifs is 3. The average Bonchev–Trinajstić information content (AvgIpc) is 2.93. The van der Waals surface area contributed by atoms with Crippen LogP contribution in [0.3, 0.4) is 0 Å². The predicted molar refractivity (Wildman–Crippen MR) is 78.5 cm³/mol. The molecule has 0 amide bonds. The summed E-state index contributed by atoms with van der Waals surface area (Å²) >= 11 is 3.40. The van der Waals surface area contributed by atoms with Crippen LogP contribution in [0.15, 0.2) is 16.6 Å². The Hall–Kier alpha value is -1.11. The van der Waals surface area contributed by atoms with Gasteiger partial charge in [0.1, 0.15) is 17.4 Å². The van der Waals surface area contributed by atoms with E-state index in [4.69, 9.17) is 9.47 Å². The maximum absolute atomic E-state index is 11.9. The van der Waals surface area contributed by atoms with Gasteiger partial charge in [0, 0.05) is 27.8 Å². The standard InChI is InChI=1S/C15H17BrO5/c1-15(6-17)11(18)5-10-12(15)8-3-7(16)4-9(13(8)21-10)14(19)20-2/h3-4,10-12,17-18H,5-6H2,1-2H3/t10-,11+,12-,15-/m0/s1. The fourth-order valence-electron chi connectivity index (χ4n) is 3.52. The lowest BCUT2D eigenvalue weighted by Crippen LogP contribution is -2.35. The number of methoxy groups -OCH3 is 1. The van der Waals surface area contributed by atoms with Crippen LogP contribution in [-0.4, -0.2) is 42.1 Å². The van der Waals surface area contributed by atoms with Crippen LogP contribution in [0.25, 0.3) is 0 Å². The van der Waals surface area contributed by atoms with E-state index < -0.39 is 17.5 Å². The largest absolute Gasteiger partial charge is 0.488 e. The van der Waals surface area contributed by atoms with Crippen LogP contribution in [0, 0.1) is 5.41 Å². The van der Waals surface area contributed by atoms with Gasteiger partial charge in [-0.25, -0.2) is 4.79 Å². The molecule has 1 aliphatic heterocycles. The van der Waals surface area contributed by atoms with E-state index in [1.807, 2.05) is 13.0 Å². The van der Waals surface area contributed by atoms with Crippen LogP contribution in [0.4, 0.5) is 0 Å². The number of aliphatic hydroxyl groups is 2. The summed E-state index contributed by atoms with van der Waals surface area (Å²) in [6.45, 7) is 1.71. The molecule has 0 radical (unpaired) electrons. The fraction of sp³-hybridized carbons (Fsp3) is 0.533. The van der Waals surface area contributed by atoms with Gasteiger partial charge in [-0.3, -0.25) is 0 Å². The van der Waals surface area contributed by atoms with Crippen molar-refractivity contribution in [1.82, 2.24) is 0 Å². The second kappa shape index (κ2) is 4.97. The van der Waals surface area contributed by atoms with Crippen molar-refractivity contribution >= 4 is 21.9 Å². The predicted octanol–water partition coefficient (Wildman–Crippen LogP) is 1.84. The molecular weight excluding hydrogens is 340 g/mol. The molecular formula is C15H17BrO5. The van der Waals surface area contributed by atoms with E-state index >= 15 is 0 Å². The molecule has 21 heavy (non-hydrogen) atoms. The number of hydrogen-bond acceptors (Lipinski definition) is 5. The van der Waals surface area contributed by atoms with Gasteiger partial charge in [0.25, 0.3) is 0 Å². The summed E-state index contributed by atoms with van der Waals surface area (Å²) in [7, 11) is 1.33. The molecule has 1 aromatic rings. The second-order valence-corrected chi connectivity index (χ2v) is 6.83. The SMILES string of the molecule is COC(=O)c1cc(Br)cc2c1O[C@H]1C[C@@H](O)[C@](C)(CO)[C@@H]21. The summed E-state index contributed by atoms with van der Waals surface area (Å²) < 4.78 is 11.5. The first-order valence-corrected chi connectivity index (χ1v) is 7.59. The van der Waals surface area contributed by atoms with Gasteiger partial charge in [-0.1, -0.05) is 22.9 Å². The number of halogens is 1. The number of rotatable bonds is 2. The van der Waals surface area contributed by atoms with Crippen LogP contribution in [0.2, 0.25) is 0 Å². The molecule has 0 bridgehead atoms. The molecule has 4 atom stereocenters. The Bertz CT molecular complexity index is 602. The van der Waals surface area contributed by atoms with E-state index in [0.717, 1.165) is 10.0 Å². The van der Waals surface area contributed by atoms with E-state index in [1.54, 1.807) is 6.07 Å². The van der Waals surface area contributed by atoms with Gasteiger partial charge in [-0.2, -0.15) is 0 Å². The van der Waals surface area contributed by atoms with E-state index in [0.29, 0.717) is 17.7 Å². The highest BCUT2D eigenvalue weighted by molar-refractivity contribution is 9.10. The lowest BCUT2D eigenvalue weighted by molar-refractivity contribution is 0.0103. The third kappa shape index (κ3) is 2.00. The monoisotopic (exact) mass is 356 g/mol. The number of ether oxygens (including phenoxy) is 2. The van der Waals surface area contributed by atoms with Crippen molar-refractivity contribution in [1.29, 1.82) is 0 Å². The van der Waals surface area contributed by atoms with Gasteiger partial charge in [0.2, 0.25) is 0 Å². The summed E-state index contributed by atoms with van der Waals surface area (Å²) in [5.74, 6) is -0.0983. The average molecular weight is 357 g/mol. The minimum absolute atomic E-state index is 0.141. The Kier molecular flexibility index (Phi) is 3.50. The van der Waals surface area contributed by atoms with Crippen LogP contribution < -0.4 is 4.74 Å². The van der Waals surface area contributed by atoms with Crippen molar-refractivity contribution in [3.63, 3.8) is 0 Å². The molecule has 1 aliphatic carbocycles. The quantitative estimate of drug-likeness (QED) is 0.790. The fourth-order valence-corrected chi connectivity index (χ4v) is 4.00. The Labute approximate surface area is 131 Å². The molecule has 0 unspecified atom stereocenters. The molecule has 2 N–H and O–H groups in total. The molecule has 1 heterocycles. The molecule has 0 spiro atoms. The van der Waals surface area contributed by atoms with Crippen molar-refractivity contribution in [3.8, 4) is 5.75 Å².